The van der Waals surface area contributed by atoms with Crippen molar-refractivity contribution in [3.05, 3.63) is 400 Å². The van der Waals surface area contributed by atoms with Crippen LogP contribution in [0.25, 0.3) is 87.6 Å². The molecule has 0 atom stereocenters. The molecular formula is C94H66N4. The average molecular weight is 1250 g/mol. The quantitative estimate of drug-likeness (QED) is 0.0894. The molecule has 0 saturated heterocycles. The number of fused-ring (bicyclic) bond motifs is 6. The van der Waals surface area contributed by atoms with Crippen LogP contribution in [0.3, 0.4) is 0 Å². The second kappa shape index (κ2) is 26.1. The normalized spacial score (nSPS) is 11.3. The van der Waals surface area contributed by atoms with Crippen LogP contribution in [0.5, 0.6) is 0 Å². The summed E-state index contributed by atoms with van der Waals surface area (Å²) in [6, 6.07) is 145. The molecule has 98 heavy (non-hydrogen) atoms. The van der Waals surface area contributed by atoms with Gasteiger partial charge in [-0.05, 0) is 216 Å². The smallest absolute Gasteiger partial charge is 0.0546 e. The Bertz CT molecular complexity index is 5630. The molecule has 0 aliphatic rings. The predicted molar refractivity (Wildman–Crippen MR) is 417 cm³/mol. The Morgan fingerprint density at radius 1 is 0.122 bits per heavy atom. The highest BCUT2D eigenvalue weighted by Crippen LogP contribution is 2.48. The van der Waals surface area contributed by atoms with Crippen molar-refractivity contribution in [3.63, 3.8) is 0 Å². The van der Waals surface area contributed by atoms with Gasteiger partial charge in [-0.25, -0.2) is 0 Å². The van der Waals surface area contributed by atoms with Gasteiger partial charge in [0.05, 0.1) is 11.4 Å². The van der Waals surface area contributed by atoms with Gasteiger partial charge in [0.2, 0.25) is 0 Å². The molecule has 0 fully saturated rings. The van der Waals surface area contributed by atoms with Gasteiger partial charge in [-0.15, -0.1) is 0 Å². The van der Waals surface area contributed by atoms with Crippen molar-refractivity contribution in [2.24, 2.45) is 0 Å². The molecular weight excluding hydrogens is 1190 g/mol. The third-order valence-corrected chi connectivity index (χ3v) is 18.9. The maximum Gasteiger partial charge on any atom is 0.0546 e. The van der Waals surface area contributed by atoms with E-state index in [1.807, 2.05) is 0 Å². The minimum Gasteiger partial charge on any atom is -0.310 e. The van der Waals surface area contributed by atoms with Gasteiger partial charge >= 0.3 is 0 Å². The van der Waals surface area contributed by atoms with E-state index in [0.29, 0.717) is 0 Å². The van der Waals surface area contributed by atoms with Crippen molar-refractivity contribution in [3.8, 4) is 44.5 Å². The summed E-state index contributed by atoms with van der Waals surface area (Å²) in [4.78, 5) is 9.58. The van der Waals surface area contributed by atoms with E-state index >= 15 is 0 Å². The molecule has 0 amide bonds. The Labute approximate surface area is 572 Å². The standard InChI is InChI=1S/C94H66N4/c1-8-27-67(28-9-1)71-31-25-45-83(60-71)97(80-40-18-6-19-41-80)93-63-75-53-57-86(65-90(75)87-47-22-23-48-88(87)93)96(79-38-16-5-17-39-79)82-44-24-32-72(59-82)69-49-51-70(52-50-69)73-33-26-46-84(61-73)98(81-42-20-7-21-43-81)94-64-76-54-56-85(95(77-34-12-3-13-35-77)78-36-14-4-15-37-78)66-91(76)92-62-74(55-58-89(92)94)68-29-10-2-11-30-68/h1-66H. The van der Waals surface area contributed by atoms with Crippen LogP contribution < -0.4 is 19.6 Å². The number of benzene rings is 17. The number of anilines is 12. The first-order chi connectivity index (χ1) is 48.6. The summed E-state index contributed by atoms with van der Waals surface area (Å²) in [6.45, 7) is 0. The van der Waals surface area contributed by atoms with Crippen LogP contribution in [0.1, 0.15) is 0 Å². The molecule has 4 nitrogen and oxygen atoms in total. The second-order valence-corrected chi connectivity index (χ2v) is 24.9. The molecule has 0 aromatic heterocycles. The van der Waals surface area contributed by atoms with Gasteiger partial charge < -0.3 is 19.6 Å². The Kier molecular flexibility index (Phi) is 15.6. The van der Waals surface area contributed by atoms with Crippen LogP contribution in [0.15, 0.2) is 400 Å². The van der Waals surface area contributed by atoms with Gasteiger partial charge in [-0.3, -0.25) is 0 Å². The van der Waals surface area contributed by atoms with Gasteiger partial charge in [-0.1, -0.05) is 261 Å². The highest BCUT2D eigenvalue weighted by Gasteiger charge is 2.23. The molecule has 0 unspecified atom stereocenters. The summed E-state index contributed by atoms with van der Waals surface area (Å²) in [5.41, 5.74) is 22.3. The Hall–Kier alpha value is -13.0. The molecule has 17 aromatic rings. The monoisotopic (exact) mass is 1250 g/mol. The molecule has 0 saturated carbocycles. The lowest BCUT2D eigenvalue weighted by Gasteiger charge is -2.29. The fraction of sp³-hybridized carbons (Fsp3) is 0. The zero-order chi connectivity index (χ0) is 65.1. The molecule has 0 aliphatic carbocycles. The molecule has 0 aliphatic heterocycles. The molecule has 0 bridgehead atoms. The number of hydrogen-bond acceptors (Lipinski definition) is 4. The van der Waals surface area contributed by atoms with Crippen molar-refractivity contribution < 1.29 is 0 Å². The third kappa shape index (κ3) is 11.4. The van der Waals surface area contributed by atoms with Gasteiger partial charge in [0, 0.05) is 67.6 Å². The summed E-state index contributed by atoms with van der Waals surface area (Å²) in [5.74, 6) is 0. The van der Waals surface area contributed by atoms with Crippen molar-refractivity contribution in [2.75, 3.05) is 19.6 Å². The Morgan fingerprint density at radius 3 is 0.796 bits per heavy atom. The van der Waals surface area contributed by atoms with Crippen LogP contribution in [-0.4, -0.2) is 0 Å². The Balaban J connectivity index is 0.723. The lowest BCUT2D eigenvalue weighted by molar-refractivity contribution is 1.29. The molecule has 4 heteroatoms. The number of para-hydroxylation sites is 5. The maximum absolute atomic E-state index is 2.43. The summed E-state index contributed by atoms with van der Waals surface area (Å²) in [6.07, 6.45) is 0. The topological polar surface area (TPSA) is 13.0 Å². The van der Waals surface area contributed by atoms with Crippen LogP contribution in [0, 0.1) is 0 Å². The highest BCUT2D eigenvalue weighted by molar-refractivity contribution is 6.18. The highest BCUT2D eigenvalue weighted by atomic mass is 15.2. The lowest BCUT2D eigenvalue weighted by atomic mass is 9.94. The molecule has 17 rings (SSSR count). The van der Waals surface area contributed by atoms with Crippen molar-refractivity contribution in [1.29, 1.82) is 0 Å². The fourth-order valence-electron chi connectivity index (χ4n) is 14.2. The molecule has 462 valence electrons. The second-order valence-electron chi connectivity index (χ2n) is 24.9. The number of hydrogen-bond donors (Lipinski definition) is 0. The zero-order valence-corrected chi connectivity index (χ0v) is 53.9. The molecule has 0 N–H and O–H groups in total. The third-order valence-electron chi connectivity index (χ3n) is 18.9. The van der Waals surface area contributed by atoms with Gasteiger partial charge in [0.25, 0.3) is 0 Å². The largest absolute Gasteiger partial charge is 0.310 e. The van der Waals surface area contributed by atoms with Gasteiger partial charge in [0.1, 0.15) is 0 Å². The fourth-order valence-corrected chi connectivity index (χ4v) is 14.2. The van der Waals surface area contributed by atoms with E-state index in [1.165, 1.54) is 49.2 Å². The van der Waals surface area contributed by atoms with Crippen molar-refractivity contribution >= 4 is 111 Å². The van der Waals surface area contributed by atoms with Crippen molar-refractivity contribution in [2.45, 2.75) is 0 Å². The molecule has 17 aromatic carbocycles. The van der Waals surface area contributed by atoms with Crippen molar-refractivity contribution in [1.82, 2.24) is 0 Å². The lowest BCUT2D eigenvalue weighted by Crippen LogP contribution is -2.11. The summed E-state index contributed by atoms with van der Waals surface area (Å²) < 4.78 is 0. The minimum atomic E-state index is 1.07. The van der Waals surface area contributed by atoms with Crippen LogP contribution in [0.2, 0.25) is 0 Å². The first kappa shape index (κ1) is 58.8. The predicted octanol–water partition coefficient (Wildman–Crippen LogP) is 26.8. The first-order valence-corrected chi connectivity index (χ1v) is 33.5. The van der Waals surface area contributed by atoms with E-state index in [2.05, 4.69) is 420 Å². The number of rotatable bonds is 16. The van der Waals surface area contributed by atoms with E-state index in [4.69, 9.17) is 0 Å². The summed E-state index contributed by atoms with van der Waals surface area (Å²) >= 11 is 0. The van der Waals surface area contributed by atoms with E-state index in [9.17, 15) is 0 Å². The Morgan fingerprint density at radius 2 is 0.388 bits per heavy atom. The van der Waals surface area contributed by atoms with Crippen LogP contribution >= 0.6 is 0 Å². The molecule has 0 radical (unpaired) electrons. The number of nitrogens with zero attached hydrogens (tertiary/aromatic N) is 4. The van der Waals surface area contributed by atoms with E-state index in [1.54, 1.807) is 0 Å². The SMILES string of the molecule is c1ccc(-c2cccc(N(c3ccccc3)c3cc4ccc(N(c5ccccc5)c5cccc(-c6ccc(-c7cccc(N(c8ccccc8)c8cc9ccc(N(c%10ccccc%10)c%10ccccc%10)cc9c9cc(-c%10ccccc%10)ccc89)c7)cc6)c5)cc4c4ccccc34)c2)cc1. The zero-order valence-electron chi connectivity index (χ0n) is 53.9. The van der Waals surface area contributed by atoms with Crippen LogP contribution in [-0.2, 0) is 0 Å². The average Bonchev–Trinajstić information content (AvgIpc) is 0.748. The van der Waals surface area contributed by atoms with Gasteiger partial charge in [0.15, 0.2) is 0 Å². The first-order valence-electron chi connectivity index (χ1n) is 33.5. The van der Waals surface area contributed by atoms with E-state index in [0.717, 1.165) is 107 Å². The maximum atomic E-state index is 2.43. The van der Waals surface area contributed by atoms with Crippen LogP contribution in [0.4, 0.5) is 68.2 Å². The van der Waals surface area contributed by atoms with E-state index in [-0.39, 0.29) is 0 Å². The molecule has 0 spiro atoms. The van der Waals surface area contributed by atoms with Gasteiger partial charge in [-0.2, -0.15) is 0 Å². The minimum absolute atomic E-state index is 1.07. The summed E-state index contributed by atoms with van der Waals surface area (Å²) in [5, 5.41) is 9.37. The van der Waals surface area contributed by atoms with E-state index < -0.39 is 0 Å². The summed E-state index contributed by atoms with van der Waals surface area (Å²) in [7, 11) is 0. The molecule has 0 heterocycles.